The van der Waals surface area contributed by atoms with Gasteiger partial charge in [-0.05, 0) is 13.0 Å². The summed E-state index contributed by atoms with van der Waals surface area (Å²) in [6, 6.07) is 3.41. The summed E-state index contributed by atoms with van der Waals surface area (Å²) < 4.78 is 5.25. The van der Waals surface area contributed by atoms with Gasteiger partial charge in [-0.1, -0.05) is 5.57 Å². The number of nitro groups is 1. The summed E-state index contributed by atoms with van der Waals surface area (Å²) in [6.45, 7) is 5.73. The highest BCUT2D eigenvalue weighted by atomic mass is 16.6. The summed E-state index contributed by atoms with van der Waals surface area (Å²) in [7, 11) is 0. The highest BCUT2D eigenvalue weighted by Gasteiger charge is 2.16. The maximum Gasteiger partial charge on any atom is 0.339 e. The van der Waals surface area contributed by atoms with Gasteiger partial charge < -0.3 is 9.84 Å². The number of hydrogen-bond donors (Lipinski definition) is 1. The molecule has 0 atom stereocenters. The Labute approximate surface area is 104 Å². The minimum Gasteiger partial charge on any atom is -0.492 e. The zero-order valence-electron chi connectivity index (χ0n) is 9.88. The van der Waals surface area contributed by atoms with Gasteiger partial charge in [0.1, 0.15) is 11.3 Å². The highest BCUT2D eigenvalue weighted by molar-refractivity contribution is 5.91. The monoisotopic (exact) mass is 251 g/mol. The van der Waals surface area contributed by atoms with E-state index in [0.717, 1.165) is 23.8 Å². The summed E-state index contributed by atoms with van der Waals surface area (Å²) in [5.41, 5.74) is 0.588. The minimum absolute atomic E-state index is 0.00190. The third-order valence-corrected chi connectivity index (χ3v) is 2.19. The van der Waals surface area contributed by atoms with Crippen molar-refractivity contribution in [3.63, 3.8) is 0 Å². The Kier molecular flexibility index (Phi) is 4.42. The average molecular weight is 251 g/mol. The smallest absolute Gasteiger partial charge is 0.339 e. The first-order valence-electron chi connectivity index (χ1n) is 5.20. The lowest BCUT2D eigenvalue weighted by Gasteiger charge is -2.08. The molecular formula is C12H13NO5. The van der Waals surface area contributed by atoms with E-state index in [0.29, 0.717) is 6.42 Å². The predicted octanol–water partition coefficient (Wildman–Crippen LogP) is 2.64. The molecule has 6 nitrogen and oxygen atoms in total. The van der Waals surface area contributed by atoms with Crippen LogP contribution in [-0.2, 0) is 0 Å². The second-order valence-corrected chi connectivity index (χ2v) is 3.80. The van der Waals surface area contributed by atoms with E-state index in [1.54, 1.807) is 0 Å². The fourth-order valence-corrected chi connectivity index (χ4v) is 1.26. The molecule has 96 valence electrons. The van der Waals surface area contributed by atoms with Gasteiger partial charge in [0.25, 0.3) is 5.69 Å². The standard InChI is InChI=1S/C12H13NO5/c1-8(2)5-6-18-11-7-9(13(16)17)3-4-10(11)12(14)15/h3-4,7H,1,5-6H2,2H3,(H,14,15). The normalized spacial score (nSPS) is 9.83. The van der Waals surface area contributed by atoms with E-state index in [-0.39, 0.29) is 23.6 Å². The number of rotatable bonds is 6. The predicted molar refractivity (Wildman–Crippen MR) is 65.0 cm³/mol. The van der Waals surface area contributed by atoms with Crippen LogP contribution in [0.25, 0.3) is 0 Å². The zero-order valence-corrected chi connectivity index (χ0v) is 9.88. The lowest BCUT2D eigenvalue weighted by molar-refractivity contribution is -0.384. The Bertz CT molecular complexity index is 495. The third kappa shape index (κ3) is 3.58. The number of nitro benzene ring substituents is 1. The molecule has 0 aliphatic rings. The van der Waals surface area contributed by atoms with Gasteiger partial charge in [-0.25, -0.2) is 4.79 Å². The lowest BCUT2D eigenvalue weighted by atomic mass is 10.2. The van der Waals surface area contributed by atoms with E-state index in [4.69, 9.17) is 9.84 Å². The molecule has 0 saturated carbocycles. The first kappa shape index (κ1) is 13.7. The number of carboxylic acid groups (broad SMARTS) is 1. The quantitative estimate of drug-likeness (QED) is 0.477. The lowest BCUT2D eigenvalue weighted by Crippen LogP contribution is -2.05. The zero-order chi connectivity index (χ0) is 13.7. The van der Waals surface area contributed by atoms with Crippen LogP contribution in [0, 0.1) is 10.1 Å². The molecule has 0 saturated heterocycles. The first-order valence-corrected chi connectivity index (χ1v) is 5.20. The second kappa shape index (κ2) is 5.81. The summed E-state index contributed by atoms with van der Waals surface area (Å²) in [5, 5.41) is 19.5. The molecule has 18 heavy (non-hydrogen) atoms. The molecule has 0 bridgehead atoms. The molecule has 6 heteroatoms. The summed E-state index contributed by atoms with van der Waals surface area (Å²) in [6.07, 6.45) is 0.557. The van der Waals surface area contributed by atoms with Crippen LogP contribution in [0.3, 0.4) is 0 Å². The van der Waals surface area contributed by atoms with Crippen molar-refractivity contribution < 1.29 is 19.6 Å². The Hall–Kier alpha value is -2.37. The van der Waals surface area contributed by atoms with Crippen molar-refractivity contribution in [2.45, 2.75) is 13.3 Å². The van der Waals surface area contributed by atoms with Crippen molar-refractivity contribution in [3.05, 3.63) is 46.0 Å². The molecule has 0 amide bonds. The van der Waals surface area contributed by atoms with Crippen LogP contribution in [0.15, 0.2) is 30.4 Å². The van der Waals surface area contributed by atoms with E-state index in [9.17, 15) is 14.9 Å². The van der Waals surface area contributed by atoms with Crippen LogP contribution in [0.2, 0.25) is 0 Å². The van der Waals surface area contributed by atoms with Crippen molar-refractivity contribution in [2.75, 3.05) is 6.61 Å². The van der Waals surface area contributed by atoms with Crippen LogP contribution < -0.4 is 4.74 Å². The van der Waals surface area contributed by atoms with Crippen LogP contribution in [-0.4, -0.2) is 22.6 Å². The maximum absolute atomic E-state index is 10.9. The molecule has 0 heterocycles. The van der Waals surface area contributed by atoms with Gasteiger partial charge in [0.2, 0.25) is 0 Å². The van der Waals surface area contributed by atoms with Crippen molar-refractivity contribution in [1.29, 1.82) is 0 Å². The summed E-state index contributed by atoms with van der Waals surface area (Å²) in [5.74, 6) is -1.19. The molecule has 0 aliphatic carbocycles. The number of nitrogens with zero attached hydrogens (tertiary/aromatic N) is 1. The van der Waals surface area contributed by atoms with Gasteiger partial charge in [-0.3, -0.25) is 10.1 Å². The van der Waals surface area contributed by atoms with E-state index in [1.165, 1.54) is 0 Å². The topological polar surface area (TPSA) is 89.7 Å². The second-order valence-electron chi connectivity index (χ2n) is 3.80. The summed E-state index contributed by atoms with van der Waals surface area (Å²) >= 11 is 0. The van der Waals surface area contributed by atoms with Crippen molar-refractivity contribution in [3.8, 4) is 5.75 Å². The van der Waals surface area contributed by atoms with Gasteiger partial charge in [-0.2, -0.15) is 0 Å². The molecule has 1 aromatic rings. The van der Waals surface area contributed by atoms with Gasteiger partial charge >= 0.3 is 5.97 Å². The van der Waals surface area contributed by atoms with Crippen molar-refractivity contribution >= 4 is 11.7 Å². The fourth-order valence-electron chi connectivity index (χ4n) is 1.26. The molecule has 0 spiro atoms. The van der Waals surface area contributed by atoms with Gasteiger partial charge in [0, 0.05) is 12.5 Å². The molecule has 0 aliphatic heterocycles. The fraction of sp³-hybridized carbons (Fsp3) is 0.250. The molecule has 1 rings (SSSR count). The number of hydrogen-bond acceptors (Lipinski definition) is 4. The maximum atomic E-state index is 10.9. The van der Waals surface area contributed by atoms with Gasteiger partial charge in [0.15, 0.2) is 0 Å². The number of benzene rings is 1. The van der Waals surface area contributed by atoms with Crippen LogP contribution in [0.1, 0.15) is 23.7 Å². The van der Waals surface area contributed by atoms with E-state index in [2.05, 4.69) is 6.58 Å². The number of aromatic carboxylic acids is 1. The van der Waals surface area contributed by atoms with E-state index < -0.39 is 10.9 Å². The van der Waals surface area contributed by atoms with Crippen LogP contribution in [0.4, 0.5) is 5.69 Å². The Balaban J connectivity index is 2.96. The first-order chi connectivity index (χ1) is 8.41. The van der Waals surface area contributed by atoms with E-state index >= 15 is 0 Å². The Morgan fingerprint density at radius 1 is 1.56 bits per heavy atom. The van der Waals surface area contributed by atoms with Gasteiger partial charge in [-0.15, -0.1) is 6.58 Å². The molecule has 1 aromatic carbocycles. The Morgan fingerprint density at radius 3 is 2.72 bits per heavy atom. The number of carbonyl (C=O) groups is 1. The van der Waals surface area contributed by atoms with Crippen molar-refractivity contribution in [1.82, 2.24) is 0 Å². The number of non-ortho nitro benzene ring substituents is 1. The molecule has 1 N–H and O–H groups in total. The highest BCUT2D eigenvalue weighted by Crippen LogP contribution is 2.25. The third-order valence-electron chi connectivity index (χ3n) is 2.19. The van der Waals surface area contributed by atoms with Gasteiger partial charge in [0.05, 0.1) is 17.6 Å². The van der Waals surface area contributed by atoms with Crippen LogP contribution >= 0.6 is 0 Å². The Morgan fingerprint density at radius 2 is 2.22 bits per heavy atom. The molecule has 0 fully saturated rings. The largest absolute Gasteiger partial charge is 0.492 e. The number of ether oxygens (including phenoxy) is 1. The summed E-state index contributed by atoms with van der Waals surface area (Å²) in [4.78, 5) is 20.9. The number of carboxylic acids is 1. The van der Waals surface area contributed by atoms with Crippen molar-refractivity contribution in [2.24, 2.45) is 0 Å². The molecular weight excluding hydrogens is 238 g/mol. The average Bonchev–Trinajstić information content (AvgIpc) is 2.27. The van der Waals surface area contributed by atoms with Crippen LogP contribution in [0.5, 0.6) is 5.75 Å². The minimum atomic E-state index is -1.18. The molecule has 0 radical (unpaired) electrons. The molecule has 0 unspecified atom stereocenters. The molecule has 0 aromatic heterocycles. The SMILES string of the molecule is C=C(C)CCOc1cc([N+](=O)[O-])ccc1C(=O)O. The van der Waals surface area contributed by atoms with E-state index in [1.807, 2.05) is 6.92 Å².